The van der Waals surface area contributed by atoms with Gasteiger partial charge in [0, 0.05) is 12.4 Å². The second-order valence-corrected chi connectivity index (χ2v) is 4.32. The summed E-state index contributed by atoms with van der Waals surface area (Å²) in [7, 11) is 0. The summed E-state index contributed by atoms with van der Waals surface area (Å²) in [4.78, 5) is 8.46. The van der Waals surface area contributed by atoms with Crippen molar-refractivity contribution in [3.8, 4) is 0 Å². The molecule has 1 heterocycles. The second-order valence-electron chi connectivity index (χ2n) is 4.32. The lowest BCUT2D eigenvalue weighted by atomic mass is 9.95. The number of nitrogens with zero attached hydrogens (tertiary/aromatic N) is 2. The summed E-state index contributed by atoms with van der Waals surface area (Å²) < 4.78 is 0. The average Bonchev–Trinajstić information content (AvgIpc) is 2.29. The number of nitrogens with two attached hydrogens (primary N) is 1. The van der Waals surface area contributed by atoms with Crippen LogP contribution < -0.4 is 5.73 Å². The first-order chi connectivity index (χ1) is 7.88. The van der Waals surface area contributed by atoms with Crippen molar-refractivity contribution >= 4 is 0 Å². The summed E-state index contributed by atoms with van der Waals surface area (Å²) in [6, 6.07) is 1.71. The number of hydrogen-bond donors (Lipinski definition) is 1. The van der Waals surface area contributed by atoms with E-state index in [2.05, 4.69) is 16.0 Å². The third-order valence-corrected chi connectivity index (χ3v) is 3.09. The third-order valence-electron chi connectivity index (χ3n) is 3.09. The Morgan fingerprint density at radius 3 is 2.62 bits per heavy atom. The largest absolute Gasteiger partial charge is 0.318 e. The highest BCUT2D eigenvalue weighted by Gasteiger charge is 2.14. The molecule has 3 nitrogen and oxygen atoms in total. The molecule has 0 bridgehead atoms. The lowest BCUT2D eigenvalue weighted by Crippen LogP contribution is -2.17. The Morgan fingerprint density at radius 1 is 1.06 bits per heavy atom. The molecule has 0 saturated heterocycles. The highest BCUT2D eigenvalue weighted by molar-refractivity contribution is 5.17. The van der Waals surface area contributed by atoms with Gasteiger partial charge in [0.15, 0.2) is 0 Å². The first-order valence-corrected chi connectivity index (χ1v) is 6.09. The minimum atomic E-state index is -0.112. The molecular formula is C13H19N3. The van der Waals surface area contributed by atoms with Crippen molar-refractivity contribution in [3.63, 3.8) is 0 Å². The normalized spacial score (nSPS) is 22.7. The van der Waals surface area contributed by atoms with Crippen molar-refractivity contribution in [1.29, 1.82) is 0 Å². The van der Waals surface area contributed by atoms with Crippen LogP contribution in [0, 0.1) is 0 Å². The highest BCUT2D eigenvalue weighted by Crippen LogP contribution is 2.24. The zero-order valence-corrected chi connectivity index (χ0v) is 9.60. The molecule has 2 rings (SSSR count). The van der Waals surface area contributed by atoms with E-state index in [1.54, 1.807) is 12.4 Å². The van der Waals surface area contributed by atoms with Crippen molar-refractivity contribution in [2.75, 3.05) is 0 Å². The monoisotopic (exact) mass is 217 g/mol. The van der Waals surface area contributed by atoms with Crippen molar-refractivity contribution in [3.05, 3.63) is 35.9 Å². The predicted molar refractivity (Wildman–Crippen MR) is 64.7 cm³/mol. The molecule has 1 aromatic heterocycles. The molecule has 86 valence electrons. The van der Waals surface area contributed by atoms with Gasteiger partial charge < -0.3 is 5.73 Å². The van der Waals surface area contributed by atoms with Gasteiger partial charge in [0.1, 0.15) is 5.82 Å². The zero-order chi connectivity index (χ0) is 11.2. The smallest absolute Gasteiger partial charge is 0.149 e. The molecule has 0 spiro atoms. The molecule has 1 aromatic rings. The predicted octanol–water partition coefficient (Wildman–Crippen LogP) is 2.76. The van der Waals surface area contributed by atoms with Crippen LogP contribution in [0.1, 0.15) is 50.4 Å². The van der Waals surface area contributed by atoms with Crippen molar-refractivity contribution in [2.45, 2.75) is 44.6 Å². The summed E-state index contributed by atoms with van der Waals surface area (Å²) in [5, 5.41) is 0. The fourth-order valence-electron chi connectivity index (χ4n) is 2.14. The van der Waals surface area contributed by atoms with Crippen molar-refractivity contribution < 1.29 is 0 Å². The molecule has 16 heavy (non-hydrogen) atoms. The van der Waals surface area contributed by atoms with Crippen LogP contribution in [0.2, 0.25) is 0 Å². The number of rotatable bonds is 2. The van der Waals surface area contributed by atoms with Crippen LogP contribution in [0.25, 0.3) is 0 Å². The number of aromatic nitrogens is 2. The molecule has 1 aliphatic rings. The second kappa shape index (κ2) is 5.75. The van der Waals surface area contributed by atoms with Crippen LogP contribution in [-0.2, 0) is 0 Å². The Bertz CT molecular complexity index is 345. The topological polar surface area (TPSA) is 51.8 Å². The zero-order valence-electron chi connectivity index (χ0n) is 9.60. The minimum Gasteiger partial charge on any atom is -0.318 e. The van der Waals surface area contributed by atoms with E-state index in [1.165, 1.54) is 31.3 Å². The fraction of sp³-hybridized carbons (Fsp3) is 0.538. The first kappa shape index (κ1) is 11.3. The Hall–Kier alpha value is -1.22. The van der Waals surface area contributed by atoms with Gasteiger partial charge in [0.25, 0.3) is 0 Å². The summed E-state index contributed by atoms with van der Waals surface area (Å²) in [5.41, 5.74) is 7.51. The highest BCUT2D eigenvalue weighted by atomic mass is 14.9. The van der Waals surface area contributed by atoms with Gasteiger partial charge >= 0.3 is 0 Å². The molecule has 1 atom stereocenters. The molecule has 0 fully saturated rings. The molecule has 0 radical (unpaired) electrons. The average molecular weight is 217 g/mol. The maximum absolute atomic E-state index is 6.20. The van der Waals surface area contributed by atoms with Gasteiger partial charge in [0.05, 0.1) is 6.04 Å². The Kier molecular flexibility index (Phi) is 4.05. The maximum atomic E-state index is 6.20. The summed E-state index contributed by atoms with van der Waals surface area (Å²) in [6.45, 7) is 0. The van der Waals surface area contributed by atoms with Crippen LogP contribution >= 0.6 is 0 Å². The SMILES string of the molecule is NC(/C1=C/CCCCCC1)c1ncccn1. The number of allylic oxidation sites excluding steroid dienone is 1. The lowest BCUT2D eigenvalue weighted by molar-refractivity contribution is 0.595. The van der Waals surface area contributed by atoms with Crippen LogP contribution in [0.4, 0.5) is 0 Å². The molecule has 2 N–H and O–H groups in total. The molecule has 0 amide bonds. The van der Waals surface area contributed by atoms with E-state index in [4.69, 9.17) is 5.73 Å². The van der Waals surface area contributed by atoms with Gasteiger partial charge in [-0.15, -0.1) is 0 Å². The molecule has 1 aliphatic carbocycles. The van der Waals surface area contributed by atoms with E-state index in [1.807, 2.05) is 6.07 Å². The van der Waals surface area contributed by atoms with E-state index >= 15 is 0 Å². The van der Waals surface area contributed by atoms with E-state index in [9.17, 15) is 0 Å². The lowest BCUT2D eigenvalue weighted by Gasteiger charge is -2.16. The molecule has 1 unspecified atom stereocenters. The van der Waals surface area contributed by atoms with E-state index in [0.717, 1.165) is 18.7 Å². The van der Waals surface area contributed by atoms with Crippen molar-refractivity contribution in [1.82, 2.24) is 9.97 Å². The van der Waals surface area contributed by atoms with Gasteiger partial charge in [-0.25, -0.2) is 9.97 Å². The minimum absolute atomic E-state index is 0.112. The van der Waals surface area contributed by atoms with E-state index in [0.29, 0.717) is 0 Å². The van der Waals surface area contributed by atoms with Crippen LogP contribution in [0.15, 0.2) is 30.1 Å². The van der Waals surface area contributed by atoms with Crippen molar-refractivity contribution in [2.24, 2.45) is 5.73 Å². The maximum Gasteiger partial charge on any atom is 0.149 e. The van der Waals surface area contributed by atoms with Gasteiger partial charge in [-0.05, 0) is 37.3 Å². The fourth-order valence-corrected chi connectivity index (χ4v) is 2.14. The van der Waals surface area contributed by atoms with Gasteiger partial charge in [-0.3, -0.25) is 0 Å². The summed E-state index contributed by atoms with van der Waals surface area (Å²) in [5.74, 6) is 0.745. The summed E-state index contributed by atoms with van der Waals surface area (Å²) in [6.07, 6.45) is 13.2. The van der Waals surface area contributed by atoms with Gasteiger partial charge in [-0.1, -0.05) is 18.9 Å². The first-order valence-electron chi connectivity index (χ1n) is 6.09. The molecule has 0 aliphatic heterocycles. The molecule has 3 heteroatoms. The van der Waals surface area contributed by atoms with E-state index in [-0.39, 0.29) is 6.04 Å². The number of hydrogen-bond acceptors (Lipinski definition) is 3. The Balaban J connectivity index is 2.10. The molecular weight excluding hydrogens is 198 g/mol. The summed E-state index contributed by atoms with van der Waals surface area (Å²) >= 11 is 0. The van der Waals surface area contributed by atoms with Gasteiger partial charge in [0.2, 0.25) is 0 Å². The quantitative estimate of drug-likeness (QED) is 0.775. The van der Waals surface area contributed by atoms with E-state index < -0.39 is 0 Å². The van der Waals surface area contributed by atoms with Gasteiger partial charge in [-0.2, -0.15) is 0 Å². The Morgan fingerprint density at radius 2 is 1.81 bits per heavy atom. The molecule has 0 saturated carbocycles. The third kappa shape index (κ3) is 2.89. The van der Waals surface area contributed by atoms with Crippen LogP contribution in [0.5, 0.6) is 0 Å². The Labute approximate surface area is 96.8 Å². The van der Waals surface area contributed by atoms with Crippen LogP contribution in [0.3, 0.4) is 0 Å². The molecule has 0 aromatic carbocycles. The van der Waals surface area contributed by atoms with Crippen LogP contribution in [-0.4, -0.2) is 9.97 Å². The standard InChI is InChI=1S/C13H19N3/c14-12(13-15-9-6-10-16-13)11-7-4-2-1-3-5-8-11/h6-7,9-10,12H,1-5,8,14H2/b11-7+.